The van der Waals surface area contributed by atoms with Gasteiger partial charge in [-0.3, -0.25) is 0 Å². The number of ether oxygens (including phenoxy) is 4. The molecule has 3 rings (SSSR count). The smallest absolute Gasteiger partial charge is 0.152 e. The molecule has 0 unspecified atom stereocenters. The first kappa shape index (κ1) is 16.4. The molecule has 2 aromatic carbocycles. The zero-order valence-electron chi connectivity index (χ0n) is 13.7. The van der Waals surface area contributed by atoms with Crippen LogP contribution in [-0.2, 0) is 0 Å². The summed E-state index contributed by atoms with van der Waals surface area (Å²) in [5.74, 6) is 2.07. The zero-order chi connectivity index (χ0) is 17.3. The van der Waals surface area contributed by atoms with Gasteiger partial charge in [-0.2, -0.15) is 0 Å². The van der Waals surface area contributed by atoms with Gasteiger partial charge in [-0.25, -0.2) is 0 Å². The molecule has 1 heterocycles. The Morgan fingerprint density at radius 1 is 0.875 bits per heavy atom. The fraction of sp³-hybridized carbons (Fsp3) is 0.333. The Kier molecular flexibility index (Phi) is 4.51. The number of rotatable bonds is 4. The molecule has 0 fully saturated rings. The molecule has 0 aromatic heterocycles. The number of methoxy groups -OCH3 is 3. The first-order valence-corrected chi connectivity index (χ1v) is 7.51. The summed E-state index contributed by atoms with van der Waals surface area (Å²) in [6.45, 7) is 0. The van der Waals surface area contributed by atoms with Crippen LogP contribution in [0.5, 0.6) is 23.0 Å². The van der Waals surface area contributed by atoms with Crippen LogP contribution in [0.15, 0.2) is 36.4 Å². The van der Waals surface area contributed by atoms with E-state index < -0.39 is 18.3 Å². The summed E-state index contributed by atoms with van der Waals surface area (Å²) in [7, 11) is 4.61. The normalized spacial score (nSPS) is 22.3. The molecular weight excluding hydrogens is 312 g/mol. The molecule has 0 saturated heterocycles. The van der Waals surface area contributed by atoms with Gasteiger partial charge in [-0.05, 0) is 17.7 Å². The summed E-state index contributed by atoms with van der Waals surface area (Å²) >= 11 is 0. The summed E-state index contributed by atoms with van der Waals surface area (Å²) in [6.07, 6.45) is -2.98. The minimum Gasteiger partial charge on any atom is -0.497 e. The predicted molar refractivity (Wildman–Crippen MR) is 86.9 cm³/mol. The number of aliphatic hydroxyl groups is 2. The molecule has 2 N–H and O–H groups in total. The molecule has 0 bridgehead atoms. The quantitative estimate of drug-likeness (QED) is 0.894. The van der Waals surface area contributed by atoms with E-state index >= 15 is 0 Å². The van der Waals surface area contributed by atoms with Gasteiger partial charge in [-0.15, -0.1) is 0 Å². The minimum absolute atomic E-state index is 0.407. The Hall–Kier alpha value is -2.44. The summed E-state index contributed by atoms with van der Waals surface area (Å²) in [6, 6.07) is 10.5. The van der Waals surface area contributed by atoms with Crippen molar-refractivity contribution in [2.45, 2.75) is 18.3 Å². The lowest BCUT2D eigenvalue weighted by Crippen LogP contribution is -2.34. The molecule has 6 nitrogen and oxygen atoms in total. The van der Waals surface area contributed by atoms with Crippen molar-refractivity contribution in [3.8, 4) is 23.0 Å². The number of aliphatic hydroxyl groups excluding tert-OH is 2. The van der Waals surface area contributed by atoms with Crippen LogP contribution in [0, 0.1) is 0 Å². The Morgan fingerprint density at radius 2 is 1.54 bits per heavy atom. The van der Waals surface area contributed by atoms with Crippen molar-refractivity contribution in [3.05, 3.63) is 47.5 Å². The Bertz CT molecular complexity index is 712. The third-order valence-electron chi connectivity index (χ3n) is 4.16. The van der Waals surface area contributed by atoms with Crippen molar-refractivity contribution >= 4 is 0 Å². The lowest BCUT2D eigenvalue weighted by molar-refractivity contribution is -0.0710. The Balaban J connectivity index is 2.02. The molecule has 3 atom stereocenters. The highest BCUT2D eigenvalue weighted by molar-refractivity contribution is 5.54. The van der Waals surface area contributed by atoms with Crippen LogP contribution in [0.25, 0.3) is 0 Å². The zero-order valence-corrected chi connectivity index (χ0v) is 13.7. The van der Waals surface area contributed by atoms with E-state index in [1.165, 1.54) is 14.2 Å². The van der Waals surface area contributed by atoms with Gasteiger partial charge in [0.1, 0.15) is 35.2 Å². The largest absolute Gasteiger partial charge is 0.497 e. The number of hydrogen-bond donors (Lipinski definition) is 2. The summed E-state index contributed by atoms with van der Waals surface area (Å²) in [4.78, 5) is 0. The van der Waals surface area contributed by atoms with Crippen LogP contribution < -0.4 is 18.9 Å². The molecule has 2 aromatic rings. The van der Waals surface area contributed by atoms with Crippen molar-refractivity contribution in [2.75, 3.05) is 21.3 Å². The molecule has 0 radical (unpaired) electrons. The van der Waals surface area contributed by atoms with Gasteiger partial charge in [0, 0.05) is 12.1 Å². The molecule has 0 spiro atoms. The van der Waals surface area contributed by atoms with Gasteiger partial charge in [0.25, 0.3) is 0 Å². The number of fused-ring (bicyclic) bond motifs is 1. The van der Waals surface area contributed by atoms with Crippen LogP contribution in [0.1, 0.15) is 23.3 Å². The second-order valence-corrected chi connectivity index (χ2v) is 5.49. The number of hydrogen-bond acceptors (Lipinski definition) is 6. The van der Waals surface area contributed by atoms with Crippen molar-refractivity contribution in [3.63, 3.8) is 0 Å². The topological polar surface area (TPSA) is 77.4 Å². The average molecular weight is 332 g/mol. The van der Waals surface area contributed by atoms with Crippen LogP contribution in [0.4, 0.5) is 0 Å². The number of benzene rings is 2. The van der Waals surface area contributed by atoms with E-state index in [2.05, 4.69) is 0 Å². The van der Waals surface area contributed by atoms with Crippen molar-refractivity contribution < 1.29 is 29.2 Å². The van der Waals surface area contributed by atoms with Crippen LogP contribution >= 0.6 is 0 Å². The maximum Gasteiger partial charge on any atom is 0.152 e. The van der Waals surface area contributed by atoms with Crippen molar-refractivity contribution in [2.24, 2.45) is 0 Å². The molecule has 0 aliphatic carbocycles. The molecular formula is C18H20O6. The summed E-state index contributed by atoms with van der Waals surface area (Å²) < 4.78 is 21.6. The molecule has 0 amide bonds. The first-order chi connectivity index (χ1) is 11.6. The molecule has 128 valence electrons. The lowest BCUT2D eigenvalue weighted by Gasteiger charge is -2.35. The average Bonchev–Trinajstić information content (AvgIpc) is 2.63. The molecule has 1 aliphatic heterocycles. The summed E-state index contributed by atoms with van der Waals surface area (Å²) in [5, 5.41) is 21.1. The van der Waals surface area contributed by atoms with E-state index in [9.17, 15) is 10.2 Å². The monoisotopic (exact) mass is 332 g/mol. The fourth-order valence-corrected chi connectivity index (χ4v) is 2.85. The van der Waals surface area contributed by atoms with Gasteiger partial charge in [0.05, 0.1) is 26.9 Å². The molecule has 24 heavy (non-hydrogen) atoms. The minimum atomic E-state index is -1.14. The van der Waals surface area contributed by atoms with Gasteiger partial charge < -0.3 is 29.2 Å². The van der Waals surface area contributed by atoms with E-state index in [1.807, 2.05) is 0 Å². The molecule has 6 heteroatoms. The Labute approximate surface area is 140 Å². The lowest BCUT2D eigenvalue weighted by atomic mass is 9.91. The highest BCUT2D eigenvalue weighted by atomic mass is 16.5. The first-order valence-electron chi connectivity index (χ1n) is 7.51. The Morgan fingerprint density at radius 3 is 2.12 bits per heavy atom. The highest BCUT2D eigenvalue weighted by Gasteiger charge is 2.39. The van der Waals surface area contributed by atoms with Gasteiger partial charge in [0.2, 0.25) is 0 Å². The van der Waals surface area contributed by atoms with E-state index in [4.69, 9.17) is 18.9 Å². The maximum atomic E-state index is 10.6. The van der Waals surface area contributed by atoms with E-state index in [-0.39, 0.29) is 0 Å². The van der Waals surface area contributed by atoms with E-state index in [0.717, 1.165) is 5.56 Å². The van der Waals surface area contributed by atoms with Gasteiger partial charge in [-0.1, -0.05) is 12.1 Å². The maximum absolute atomic E-state index is 10.6. The standard InChI is InChI=1S/C18H20O6/c1-21-11-6-4-10(5-7-11)18-17(20)16(19)15-13(23-3)8-12(22-2)9-14(15)24-18/h4-9,16-20H,1-3H3/t16-,17-,18-/m1/s1. The van der Waals surface area contributed by atoms with Crippen molar-refractivity contribution in [1.82, 2.24) is 0 Å². The summed E-state index contributed by atoms with van der Waals surface area (Å²) in [5.41, 5.74) is 1.14. The molecule has 1 aliphatic rings. The third-order valence-corrected chi connectivity index (χ3v) is 4.16. The predicted octanol–water partition coefficient (Wildman–Crippen LogP) is 2.24. The van der Waals surface area contributed by atoms with Gasteiger partial charge in [0.15, 0.2) is 6.10 Å². The van der Waals surface area contributed by atoms with Crippen LogP contribution in [0.3, 0.4) is 0 Å². The second-order valence-electron chi connectivity index (χ2n) is 5.49. The van der Waals surface area contributed by atoms with Crippen molar-refractivity contribution in [1.29, 1.82) is 0 Å². The van der Waals surface area contributed by atoms with Crippen LogP contribution in [-0.4, -0.2) is 37.6 Å². The van der Waals surface area contributed by atoms with E-state index in [1.54, 1.807) is 43.5 Å². The SMILES string of the molecule is COc1ccc([C@H]2Oc3cc(OC)cc(OC)c3[C@@H](O)[C@H]2O)cc1. The second kappa shape index (κ2) is 6.59. The highest BCUT2D eigenvalue weighted by Crippen LogP contribution is 2.47. The third kappa shape index (κ3) is 2.74. The van der Waals surface area contributed by atoms with E-state index in [0.29, 0.717) is 28.6 Å². The fourth-order valence-electron chi connectivity index (χ4n) is 2.85. The van der Waals surface area contributed by atoms with Gasteiger partial charge >= 0.3 is 0 Å². The molecule has 0 saturated carbocycles. The van der Waals surface area contributed by atoms with Crippen LogP contribution in [0.2, 0.25) is 0 Å².